The molecule has 0 aliphatic rings. The summed E-state index contributed by atoms with van der Waals surface area (Å²) >= 11 is -0.929. The first kappa shape index (κ1) is 20.0. The Morgan fingerprint density at radius 1 is 1.15 bits per heavy atom. The van der Waals surface area contributed by atoms with Crippen molar-refractivity contribution in [2.24, 2.45) is 0 Å². The Kier molecular flexibility index (Phi) is 6.48. The molecule has 137 valence electrons. The van der Waals surface area contributed by atoms with Gasteiger partial charge >= 0.3 is 154 Å². The number of ether oxygens (including phenoxy) is 1. The predicted octanol–water partition coefficient (Wildman–Crippen LogP) is 3.25. The van der Waals surface area contributed by atoms with E-state index in [1.54, 1.807) is 13.0 Å². The zero-order valence-electron chi connectivity index (χ0n) is 13.7. The fourth-order valence-electron chi connectivity index (χ4n) is 2.14. The second-order valence-electron chi connectivity index (χ2n) is 5.30. The summed E-state index contributed by atoms with van der Waals surface area (Å²) in [7, 11) is 0. The van der Waals surface area contributed by atoms with Gasteiger partial charge in [-0.3, -0.25) is 0 Å². The molecule has 0 atom stereocenters. The fraction of sp³-hybridized carbons (Fsp3) is 0.222. The molecule has 0 fully saturated rings. The number of halogens is 3. The Hall–Kier alpha value is -2.27. The quantitative estimate of drug-likeness (QED) is 0.690. The van der Waals surface area contributed by atoms with Crippen LogP contribution in [0.15, 0.2) is 42.5 Å². The third kappa shape index (κ3) is 5.11. The maximum absolute atomic E-state index is 13.0. The van der Waals surface area contributed by atoms with Crippen LogP contribution in [0.1, 0.15) is 34.8 Å². The van der Waals surface area contributed by atoms with E-state index < -0.39 is 33.5 Å². The van der Waals surface area contributed by atoms with E-state index in [1.807, 2.05) is 0 Å². The van der Waals surface area contributed by atoms with Crippen LogP contribution in [0.3, 0.4) is 0 Å². The van der Waals surface area contributed by atoms with E-state index in [2.05, 4.69) is 0 Å². The summed E-state index contributed by atoms with van der Waals surface area (Å²) in [6, 6.07) is 9.26. The van der Waals surface area contributed by atoms with Crippen molar-refractivity contribution in [3.8, 4) is 5.75 Å². The van der Waals surface area contributed by atoms with Crippen LogP contribution in [0.25, 0.3) is 0 Å². The van der Waals surface area contributed by atoms with E-state index in [4.69, 9.17) is 4.74 Å². The molecule has 0 saturated carbocycles. The van der Waals surface area contributed by atoms with Crippen molar-refractivity contribution >= 4 is 30.6 Å². The summed E-state index contributed by atoms with van der Waals surface area (Å²) in [4.78, 5) is 23.0. The Morgan fingerprint density at radius 3 is 2.46 bits per heavy atom. The van der Waals surface area contributed by atoms with Crippen LogP contribution in [0, 0.1) is 0 Å². The first-order chi connectivity index (χ1) is 12.2. The molecule has 0 spiro atoms. The Bertz CT molecular complexity index is 818. The van der Waals surface area contributed by atoms with Gasteiger partial charge in [-0.25, -0.2) is 0 Å². The van der Waals surface area contributed by atoms with Gasteiger partial charge in [0, 0.05) is 0 Å². The zero-order valence-corrected chi connectivity index (χ0v) is 15.6. The third-order valence-electron chi connectivity index (χ3n) is 3.43. The number of rotatable bonds is 7. The second kappa shape index (κ2) is 8.41. The van der Waals surface area contributed by atoms with Gasteiger partial charge in [0.15, 0.2) is 0 Å². The normalized spacial score (nSPS) is 11.7. The van der Waals surface area contributed by atoms with E-state index in [1.165, 1.54) is 30.3 Å². The van der Waals surface area contributed by atoms with Gasteiger partial charge in [-0.1, -0.05) is 0 Å². The molecule has 2 aromatic carbocycles. The molecular formula is C18H15AsF3O4. The molecule has 2 rings (SSSR count). The average Bonchev–Trinajstić information content (AvgIpc) is 2.60. The number of hydrogen-bond acceptors (Lipinski definition) is 3. The summed E-state index contributed by atoms with van der Waals surface area (Å²) in [5.74, 6) is -1.51. The van der Waals surface area contributed by atoms with Crippen LogP contribution in [0.5, 0.6) is 5.75 Å². The van der Waals surface area contributed by atoms with E-state index in [0.717, 1.165) is 6.07 Å². The Morgan fingerprint density at radius 2 is 1.85 bits per heavy atom. The molecule has 26 heavy (non-hydrogen) atoms. The van der Waals surface area contributed by atoms with Gasteiger partial charge in [0.25, 0.3) is 0 Å². The molecule has 0 aliphatic carbocycles. The first-order valence-corrected chi connectivity index (χ1v) is 9.49. The first-order valence-electron chi connectivity index (χ1n) is 7.62. The van der Waals surface area contributed by atoms with Crippen molar-refractivity contribution < 1.29 is 32.6 Å². The number of carboxylic acid groups (broad SMARTS) is 1. The van der Waals surface area contributed by atoms with Crippen LogP contribution in [-0.2, 0) is 17.6 Å². The summed E-state index contributed by atoms with van der Waals surface area (Å²) in [6.07, 6.45) is -4.21. The van der Waals surface area contributed by atoms with Gasteiger partial charge in [-0.15, -0.1) is 0 Å². The van der Waals surface area contributed by atoms with E-state index in [-0.39, 0.29) is 22.5 Å². The van der Waals surface area contributed by atoms with Crippen molar-refractivity contribution in [1.82, 2.24) is 0 Å². The second-order valence-corrected chi connectivity index (χ2v) is 7.82. The third-order valence-corrected chi connectivity index (χ3v) is 5.94. The Labute approximate surface area is 154 Å². The van der Waals surface area contributed by atoms with Crippen molar-refractivity contribution in [3.05, 3.63) is 59.2 Å². The molecule has 0 heterocycles. The number of alkyl halides is 3. The number of benzene rings is 2. The SMILES string of the molecule is CCC(=O)[As]c1ccc(COc2ccccc2C(F)(F)F)cc1C(=O)O. The minimum atomic E-state index is -4.54. The zero-order chi connectivity index (χ0) is 19.3. The molecule has 0 bridgehead atoms. The summed E-state index contributed by atoms with van der Waals surface area (Å²) in [5, 5.41) is 9.33. The number of hydrogen-bond donors (Lipinski definition) is 1. The Balaban J connectivity index is 2.22. The standard InChI is InChI=1S/C18H15AsF3O4/c1-2-16(23)19-14-8-7-11(9-12(14)17(24)25)10-26-15-6-4-3-5-13(15)18(20,21)22/h3-9H,2,10H2,1H3,(H,24,25). The van der Waals surface area contributed by atoms with Crippen molar-refractivity contribution in [1.29, 1.82) is 0 Å². The summed E-state index contributed by atoms with van der Waals surface area (Å²) < 4.78 is 44.6. The van der Waals surface area contributed by atoms with Gasteiger partial charge < -0.3 is 0 Å². The molecule has 2 aromatic rings. The molecule has 8 heteroatoms. The van der Waals surface area contributed by atoms with Gasteiger partial charge in [0.2, 0.25) is 0 Å². The van der Waals surface area contributed by atoms with Crippen LogP contribution >= 0.6 is 0 Å². The number of aromatic carboxylic acids is 1. The van der Waals surface area contributed by atoms with Gasteiger partial charge in [-0.05, 0) is 0 Å². The average molecular weight is 427 g/mol. The van der Waals surface area contributed by atoms with E-state index in [9.17, 15) is 27.9 Å². The monoisotopic (exact) mass is 427 g/mol. The van der Waals surface area contributed by atoms with Gasteiger partial charge in [0.05, 0.1) is 0 Å². The molecule has 0 unspecified atom stereocenters. The molecule has 1 N–H and O–H groups in total. The topological polar surface area (TPSA) is 63.6 Å². The van der Waals surface area contributed by atoms with Crippen LogP contribution in [0.4, 0.5) is 13.2 Å². The number of carbonyl (C=O) groups excluding carboxylic acids is 1. The predicted molar refractivity (Wildman–Crippen MR) is 89.9 cm³/mol. The van der Waals surface area contributed by atoms with Gasteiger partial charge in [-0.2, -0.15) is 0 Å². The molecule has 4 nitrogen and oxygen atoms in total. The van der Waals surface area contributed by atoms with Crippen molar-refractivity contribution in [2.75, 3.05) is 0 Å². The molecular weight excluding hydrogens is 412 g/mol. The van der Waals surface area contributed by atoms with Crippen LogP contribution in [-0.4, -0.2) is 31.4 Å². The van der Waals surface area contributed by atoms with Crippen LogP contribution in [0.2, 0.25) is 0 Å². The van der Waals surface area contributed by atoms with Crippen molar-refractivity contribution in [3.63, 3.8) is 0 Å². The summed E-state index contributed by atoms with van der Waals surface area (Å²) in [5.41, 5.74) is -0.501. The number of carboxylic acids is 1. The molecule has 0 amide bonds. The van der Waals surface area contributed by atoms with E-state index >= 15 is 0 Å². The molecule has 0 aromatic heterocycles. The van der Waals surface area contributed by atoms with Crippen LogP contribution < -0.4 is 9.09 Å². The number of carbonyl (C=O) groups is 2. The number of para-hydroxylation sites is 1. The molecule has 0 saturated heterocycles. The fourth-order valence-corrected chi connectivity index (χ4v) is 3.94. The summed E-state index contributed by atoms with van der Waals surface area (Å²) in [6.45, 7) is 1.49. The molecule has 1 radical (unpaired) electrons. The maximum atomic E-state index is 13.0. The van der Waals surface area contributed by atoms with Gasteiger partial charge in [0.1, 0.15) is 0 Å². The van der Waals surface area contributed by atoms with E-state index in [0.29, 0.717) is 16.3 Å². The minimum absolute atomic E-state index is 0.00754. The van der Waals surface area contributed by atoms with Crippen molar-refractivity contribution in [2.45, 2.75) is 26.1 Å². The molecule has 0 aliphatic heterocycles.